The molecule has 0 radical (unpaired) electrons. The molecular weight excluding hydrogens is 363 g/mol. The smallest absolute Gasteiger partial charge is 0.322 e. The van der Waals surface area contributed by atoms with Crippen LogP contribution < -0.4 is 20.9 Å². The molecule has 0 saturated heterocycles. The van der Waals surface area contributed by atoms with E-state index in [0.29, 0.717) is 4.90 Å². The lowest BCUT2D eigenvalue weighted by Crippen LogP contribution is -3.11. The molecule has 1 atom stereocenters. The first kappa shape index (κ1) is 21.0. The average Bonchev–Trinajstić information content (AvgIpc) is 2.60. The zero-order chi connectivity index (χ0) is 20.7. The van der Waals surface area contributed by atoms with Crippen LogP contribution in [0.15, 0.2) is 42.5 Å². The molecule has 0 saturated carbocycles. The number of urea groups is 1. The highest BCUT2D eigenvalue weighted by atomic mass is 19.1. The number of rotatable bonds is 6. The van der Waals surface area contributed by atoms with Crippen molar-refractivity contribution in [2.75, 3.05) is 30.8 Å². The first-order valence-electron chi connectivity index (χ1n) is 8.79. The lowest BCUT2D eigenvalue weighted by atomic mass is 10.1. The van der Waals surface area contributed by atoms with E-state index in [2.05, 4.69) is 16.0 Å². The molecule has 0 spiro atoms. The van der Waals surface area contributed by atoms with E-state index in [1.807, 2.05) is 32.0 Å². The summed E-state index contributed by atoms with van der Waals surface area (Å²) in [6.45, 7) is 3.84. The predicted molar refractivity (Wildman–Crippen MR) is 105 cm³/mol. The Morgan fingerprint density at radius 1 is 0.893 bits per heavy atom. The van der Waals surface area contributed by atoms with Crippen LogP contribution in [0.5, 0.6) is 0 Å². The summed E-state index contributed by atoms with van der Waals surface area (Å²) in [4.78, 5) is 36.5. The Labute approximate surface area is 162 Å². The lowest BCUT2D eigenvalue weighted by Gasteiger charge is -2.15. The van der Waals surface area contributed by atoms with Crippen LogP contribution in [0.3, 0.4) is 0 Å². The number of amides is 4. The fourth-order valence-corrected chi connectivity index (χ4v) is 2.58. The van der Waals surface area contributed by atoms with Gasteiger partial charge in [0.2, 0.25) is 0 Å². The number of imide groups is 1. The van der Waals surface area contributed by atoms with Crippen LogP contribution >= 0.6 is 0 Å². The highest BCUT2D eigenvalue weighted by molar-refractivity contribution is 6.01. The number of benzene rings is 2. The Bertz CT molecular complexity index is 886. The summed E-state index contributed by atoms with van der Waals surface area (Å²) in [6.07, 6.45) is 0. The number of likely N-dealkylation sites (N-methyl/N-ethyl adjacent to an activating group) is 1. The van der Waals surface area contributed by atoms with Crippen molar-refractivity contribution in [2.24, 2.45) is 0 Å². The third kappa shape index (κ3) is 6.17. The Hall–Kier alpha value is -3.26. The fraction of sp³-hybridized carbons (Fsp3) is 0.250. The van der Waals surface area contributed by atoms with Gasteiger partial charge in [-0.2, -0.15) is 0 Å². The quantitative estimate of drug-likeness (QED) is 0.601. The van der Waals surface area contributed by atoms with Gasteiger partial charge in [-0.05, 0) is 43.2 Å². The van der Waals surface area contributed by atoms with Crippen molar-refractivity contribution in [3.05, 3.63) is 59.4 Å². The van der Waals surface area contributed by atoms with Gasteiger partial charge in [0.25, 0.3) is 11.8 Å². The van der Waals surface area contributed by atoms with Crippen molar-refractivity contribution in [3.63, 3.8) is 0 Å². The molecule has 0 aliphatic heterocycles. The van der Waals surface area contributed by atoms with Gasteiger partial charge in [-0.1, -0.05) is 24.3 Å². The molecule has 4 N–H and O–H groups in total. The number of para-hydroxylation sites is 1. The number of carbonyl (C=O) groups excluding carboxylic acids is 3. The average molecular weight is 387 g/mol. The Morgan fingerprint density at radius 3 is 2.25 bits per heavy atom. The zero-order valence-electron chi connectivity index (χ0n) is 16.1. The van der Waals surface area contributed by atoms with Crippen molar-refractivity contribution >= 4 is 29.2 Å². The summed E-state index contributed by atoms with van der Waals surface area (Å²) >= 11 is 0. The van der Waals surface area contributed by atoms with Gasteiger partial charge >= 0.3 is 6.03 Å². The number of quaternary nitrogens is 1. The van der Waals surface area contributed by atoms with Gasteiger partial charge in [0, 0.05) is 5.69 Å². The number of anilines is 2. The summed E-state index contributed by atoms with van der Waals surface area (Å²) in [5.74, 6) is -1.42. The standard InChI is InChI=1S/C20H23FN4O3/c1-13-7-6-10-16(14(13)2)22-18(26)11-25(3)12-19(27)24-20(28)23-17-9-5-4-8-15(17)21/h4-10H,11-12H2,1-3H3,(H,22,26)(H2,23,24,27,28)/p+1. The second-order valence-corrected chi connectivity index (χ2v) is 6.59. The van der Waals surface area contributed by atoms with E-state index in [0.717, 1.165) is 16.8 Å². The molecule has 2 aromatic carbocycles. The van der Waals surface area contributed by atoms with Crippen LogP contribution in [0.1, 0.15) is 11.1 Å². The molecule has 0 aromatic heterocycles. The van der Waals surface area contributed by atoms with E-state index < -0.39 is 17.8 Å². The normalized spacial score (nSPS) is 11.4. The van der Waals surface area contributed by atoms with Crippen molar-refractivity contribution in [1.82, 2.24) is 5.32 Å². The summed E-state index contributed by atoms with van der Waals surface area (Å²) in [5.41, 5.74) is 2.75. The highest BCUT2D eigenvalue weighted by Crippen LogP contribution is 2.17. The Morgan fingerprint density at radius 2 is 1.54 bits per heavy atom. The van der Waals surface area contributed by atoms with E-state index in [1.165, 1.54) is 18.2 Å². The Kier molecular flexibility index (Phi) is 7.22. The molecule has 0 fully saturated rings. The summed E-state index contributed by atoms with van der Waals surface area (Å²) in [7, 11) is 1.66. The molecule has 0 heterocycles. The first-order valence-corrected chi connectivity index (χ1v) is 8.79. The summed E-state index contributed by atoms with van der Waals surface area (Å²) in [6, 6.07) is 10.4. The Balaban J connectivity index is 1.80. The molecule has 0 aliphatic rings. The fourth-order valence-electron chi connectivity index (χ4n) is 2.58. The SMILES string of the molecule is Cc1cccc(NC(=O)C[NH+](C)CC(=O)NC(=O)Nc2ccccc2F)c1C. The maximum absolute atomic E-state index is 13.5. The largest absolute Gasteiger partial charge is 0.326 e. The van der Waals surface area contributed by atoms with E-state index >= 15 is 0 Å². The summed E-state index contributed by atoms with van der Waals surface area (Å²) in [5, 5.41) is 7.21. The molecule has 2 aromatic rings. The second kappa shape index (κ2) is 9.61. The van der Waals surface area contributed by atoms with Gasteiger partial charge in [-0.15, -0.1) is 0 Å². The maximum Gasteiger partial charge on any atom is 0.326 e. The minimum atomic E-state index is -0.831. The molecule has 0 aliphatic carbocycles. The number of hydrogen-bond acceptors (Lipinski definition) is 3. The predicted octanol–water partition coefficient (Wildman–Crippen LogP) is 1.24. The lowest BCUT2D eigenvalue weighted by molar-refractivity contribution is -0.862. The van der Waals surface area contributed by atoms with Gasteiger partial charge < -0.3 is 15.5 Å². The van der Waals surface area contributed by atoms with Gasteiger partial charge in [-0.3, -0.25) is 14.9 Å². The maximum atomic E-state index is 13.5. The van der Waals surface area contributed by atoms with Crippen LogP contribution in [-0.2, 0) is 9.59 Å². The van der Waals surface area contributed by atoms with E-state index in [9.17, 15) is 18.8 Å². The van der Waals surface area contributed by atoms with E-state index in [4.69, 9.17) is 0 Å². The number of aryl methyl sites for hydroxylation is 1. The van der Waals surface area contributed by atoms with Gasteiger partial charge in [0.15, 0.2) is 13.1 Å². The van der Waals surface area contributed by atoms with Crippen LogP contribution in [0.2, 0.25) is 0 Å². The van der Waals surface area contributed by atoms with Crippen LogP contribution in [0.25, 0.3) is 0 Å². The molecular formula is C20H24FN4O3+. The number of halogens is 1. The molecule has 4 amide bonds. The molecule has 28 heavy (non-hydrogen) atoms. The molecule has 0 bridgehead atoms. The van der Waals surface area contributed by atoms with Crippen LogP contribution in [-0.4, -0.2) is 38.0 Å². The van der Waals surface area contributed by atoms with Crippen molar-refractivity contribution in [2.45, 2.75) is 13.8 Å². The third-order valence-corrected chi connectivity index (χ3v) is 4.18. The third-order valence-electron chi connectivity index (χ3n) is 4.18. The topological polar surface area (TPSA) is 91.7 Å². The number of hydrogen-bond donors (Lipinski definition) is 4. The molecule has 1 unspecified atom stereocenters. The minimum absolute atomic E-state index is 0.0265. The van der Waals surface area contributed by atoms with Crippen LogP contribution in [0.4, 0.5) is 20.6 Å². The van der Waals surface area contributed by atoms with E-state index in [1.54, 1.807) is 13.1 Å². The van der Waals surface area contributed by atoms with Gasteiger partial charge in [0.05, 0.1) is 12.7 Å². The van der Waals surface area contributed by atoms with E-state index in [-0.39, 0.29) is 24.7 Å². The minimum Gasteiger partial charge on any atom is -0.322 e. The summed E-state index contributed by atoms with van der Waals surface area (Å²) < 4.78 is 13.5. The number of nitrogens with one attached hydrogen (secondary N) is 4. The molecule has 2 rings (SSSR count). The monoisotopic (exact) mass is 387 g/mol. The number of carbonyl (C=O) groups is 3. The van der Waals surface area contributed by atoms with Crippen molar-refractivity contribution in [1.29, 1.82) is 0 Å². The van der Waals surface area contributed by atoms with Crippen molar-refractivity contribution < 1.29 is 23.7 Å². The molecule has 7 nitrogen and oxygen atoms in total. The van der Waals surface area contributed by atoms with Crippen molar-refractivity contribution in [3.8, 4) is 0 Å². The molecule has 8 heteroatoms. The van der Waals surface area contributed by atoms with Crippen LogP contribution in [0, 0.1) is 19.7 Å². The zero-order valence-corrected chi connectivity index (χ0v) is 16.1. The highest BCUT2D eigenvalue weighted by Gasteiger charge is 2.17. The molecule has 148 valence electrons. The van der Waals surface area contributed by atoms with Gasteiger partial charge in [0.1, 0.15) is 5.82 Å². The first-order chi connectivity index (χ1) is 13.3. The second-order valence-electron chi connectivity index (χ2n) is 6.59. The van der Waals surface area contributed by atoms with Gasteiger partial charge in [-0.25, -0.2) is 9.18 Å².